The van der Waals surface area contributed by atoms with E-state index >= 15 is 0 Å². The molecule has 2 aromatic rings. The molecule has 4 nitrogen and oxygen atoms in total. The summed E-state index contributed by atoms with van der Waals surface area (Å²) >= 11 is 0. The molecule has 2 aromatic carbocycles. The standard InChI is InChI=1S/C15H13NO3/c1-18-14-9-5-6-12(10-14)11-16-19-15(17)13-7-3-2-4-8-13/h2-11H,1H3/b16-11-. The molecule has 0 fully saturated rings. The molecule has 0 aromatic heterocycles. The van der Waals surface area contributed by atoms with Gasteiger partial charge in [0.1, 0.15) is 5.75 Å². The van der Waals surface area contributed by atoms with Gasteiger partial charge >= 0.3 is 5.97 Å². The molecular weight excluding hydrogens is 242 g/mol. The molecule has 19 heavy (non-hydrogen) atoms. The molecule has 0 aliphatic rings. The normalized spacial score (nSPS) is 10.4. The molecule has 0 aliphatic carbocycles. The van der Waals surface area contributed by atoms with Crippen molar-refractivity contribution in [2.75, 3.05) is 7.11 Å². The van der Waals surface area contributed by atoms with Gasteiger partial charge in [-0.05, 0) is 29.8 Å². The maximum absolute atomic E-state index is 11.6. The van der Waals surface area contributed by atoms with E-state index in [1.54, 1.807) is 37.4 Å². The molecule has 2 rings (SSSR count). The Morgan fingerprint density at radius 1 is 1.11 bits per heavy atom. The first-order valence-electron chi connectivity index (χ1n) is 5.73. The third-order valence-electron chi connectivity index (χ3n) is 2.44. The van der Waals surface area contributed by atoms with Gasteiger partial charge in [-0.15, -0.1) is 0 Å². The van der Waals surface area contributed by atoms with Crippen molar-refractivity contribution in [1.82, 2.24) is 0 Å². The van der Waals surface area contributed by atoms with Crippen LogP contribution in [0.1, 0.15) is 15.9 Å². The predicted molar refractivity (Wildman–Crippen MR) is 72.4 cm³/mol. The fourth-order valence-electron chi connectivity index (χ4n) is 1.48. The molecule has 0 unspecified atom stereocenters. The topological polar surface area (TPSA) is 47.9 Å². The van der Waals surface area contributed by atoms with Gasteiger partial charge in [0, 0.05) is 0 Å². The van der Waals surface area contributed by atoms with Gasteiger partial charge < -0.3 is 9.57 Å². The number of rotatable bonds is 4. The van der Waals surface area contributed by atoms with Gasteiger partial charge in [0.2, 0.25) is 0 Å². The van der Waals surface area contributed by atoms with E-state index in [1.807, 2.05) is 24.3 Å². The summed E-state index contributed by atoms with van der Waals surface area (Å²) in [5, 5.41) is 3.66. The Kier molecular flexibility index (Phi) is 4.29. The molecule has 0 saturated carbocycles. The highest BCUT2D eigenvalue weighted by molar-refractivity contribution is 5.90. The largest absolute Gasteiger partial charge is 0.497 e. The van der Waals surface area contributed by atoms with E-state index in [1.165, 1.54) is 6.21 Å². The Morgan fingerprint density at radius 3 is 2.63 bits per heavy atom. The van der Waals surface area contributed by atoms with Crippen LogP contribution in [0.15, 0.2) is 59.8 Å². The highest BCUT2D eigenvalue weighted by Gasteiger charge is 2.04. The van der Waals surface area contributed by atoms with Crippen LogP contribution in [0, 0.1) is 0 Å². The lowest BCUT2D eigenvalue weighted by Gasteiger charge is -2.00. The molecule has 0 radical (unpaired) electrons. The van der Waals surface area contributed by atoms with E-state index in [0.29, 0.717) is 5.56 Å². The summed E-state index contributed by atoms with van der Waals surface area (Å²) in [6.45, 7) is 0. The van der Waals surface area contributed by atoms with E-state index in [0.717, 1.165) is 11.3 Å². The first kappa shape index (κ1) is 12.8. The number of ether oxygens (including phenoxy) is 1. The Labute approximate surface area is 111 Å². The smallest absolute Gasteiger partial charge is 0.365 e. The van der Waals surface area contributed by atoms with Crippen LogP contribution in [-0.2, 0) is 4.84 Å². The van der Waals surface area contributed by atoms with Crippen molar-refractivity contribution >= 4 is 12.2 Å². The minimum atomic E-state index is -0.486. The minimum Gasteiger partial charge on any atom is -0.497 e. The van der Waals surface area contributed by atoms with Gasteiger partial charge in [-0.25, -0.2) is 4.79 Å². The summed E-state index contributed by atoms with van der Waals surface area (Å²) in [4.78, 5) is 16.4. The average Bonchev–Trinajstić information content (AvgIpc) is 2.48. The van der Waals surface area contributed by atoms with E-state index in [-0.39, 0.29) is 0 Å². The second-order valence-electron chi connectivity index (χ2n) is 3.76. The molecule has 0 N–H and O–H groups in total. The van der Waals surface area contributed by atoms with Gasteiger partial charge in [0.05, 0.1) is 18.9 Å². The second kappa shape index (κ2) is 6.35. The van der Waals surface area contributed by atoms with Gasteiger partial charge in [-0.3, -0.25) is 0 Å². The van der Waals surface area contributed by atoms with Gasteiger partial charge in [0.15, 0.2) is 0 Å². The molecule has 0 heterocycles. The van der Waals surface area contributed by atoms with Crippen LogP contribution in [-0.4, -0.2) is 19.3 Å². The molecule has 0 bridgehead atoms. The fourth-order valence-corrected chi connectivity index (χ4v) is 1.48. The number of benzene rings is 2. The highest BCUT2D eigenvalue weighted by atomic mass is 16.7. The summed E-state index contributed by atoms with van der Waals surface area (Å²) in [7, 11) is 1.59. The van der Waals surface area contributed by atoms with Gasteiger partial charge in [0.25, 0.3) is 0 Å². The first-order chi connectivity index (χ1) is 9.29. The molecule has 0 saturated heterocycles. The zero-order valence-corrected chi connectivity index (χ0v) is 10.4. The third kappa shape index (κ3) is 3.67. The van der Waals surface area contributed by atoms with Crippen LogP contribution < -0.4 is 4.74 Å². The zero-order chi connectivity index (χ0) is 13.5. The minimum absolute atomic E-state index is 0.463. The third-order valence-corrected chi connectivity index (χ3v) is 2.44. The molecule has 0 atom stereocenters. The predicted octanol–water partition coefficient (Wildman–Crippen LogP) is 2.89. The maximum Gasteiger partial charge on any atom is 0.365 e. The average molecular weight is 255 g/mol. The Hall–Kier alpha value is -2.62. The van der Waals surface area contributed by atoms with Crippen LogP contribution in [0.2, 0.25) is 0 Å². The summed E-state index contributed by atoms with van der Waals surface area (Å²) in [5.74, 6) is 0.234. The number of oxime groups is 1. The van der Waals surface area contributed by atoms with Crippen molar-refractivity contribution in [3.8, 4) is 5.75 Å². The number of hydrogen-bond acceptors (Lipinski definition) is 4. The molecular formula is C15H13NO3. The monoisotopic (exact) mass is 255 g/mol. The van der Waals surface area contributed by atoms with Crippen molar-refractivity contribution in [3.63, 3.8) is 0 Å². The fraction of sp³-hybridized carbons (Fsp3) is 0.0667. The Morgan fingerprint density at radius 2 is 1.89 bits per heavy atom. The summed E-state index contributed by atoms with van der Waals surface area (Å²) in [5.41, 5.74) is 1.26. The van der Waals surface area contributed by atoms with E-state index in [4.69, 9.17) is 9.57 Å². The van der Waals surface area contributed by atoms with Crippen molar-refractivity contribution in [3.05, 3.63) is 65.7 Å². The van der Waals surface area contributed by atoms with Crippen LogP contribution in [0.3, 0.4) is 0 Å². The zero-order valence-electron chi connectivity index (χ0n) is 10.4. The SMILES string of the molecule is COc1cccc(/C=N\OC(=O)c2ccccc2)c1. The number of carbonyl (C=O) groups is 1. The summed E-state index contributed by atoms with van der Waals surface area (Å²) in [6.07, 6.45) is 1.46. The van der Waals surface area contributed by atoms with Gasteiger partial charge in [-0.1, -0.05) is 35.5 Å². The lowest BCUT2D eigenvalue weighted by atomic mass is 10.2. The number of carbonyl (C=O) groups excluding carboxylic acids is 1. The number of methoxy groups -OCH3 is 1. The van der Waals surface area contributed by atoms with Gasteiger partial charge in [-0.2, -0.15) is 0 Å². The highest BCUT2D eigenvalue weighted by Crippen LogP contribution is 2.11. The second-order valence-corrected chi connectivity index (χ2v) is 3.76. The Bertz CT molecular complexity index is 579. The summed E-state index contributed by atoms with van der Waals surface area (Å²) in [6, 6.07) is 16.0. The quantitative estimate of drug-likeness (QED) is 0.479. The number of hydrogen-bond donors (Lipinski definition) is 0. The molecule has 0 amide bonds. The van der Waals surface area contributed by atoms with E-state index < -0.39 is 5.97 Å². The first-order valence-corrected chi connectivity index (χ1v) is 5.73. The lowest BCUT2D eigenvalue weighted by molar-refractivity contribution is 0.0519. The summed E-state index contributed by atoms with van der Waals surface area (Å²) < 4.78 is 5.08. The molecule has 96 valence electrons. The van der Waals surface area contributed by atoms with Crippen molar-refractivity contribution in [2.45, 2.75) is 0 Å². The van der Waals surface area contributed by atoms with Crippen LogP contribution >= 0.6 is 0 Å². The van der Waals surface area contributed by atoms with Crippen LogP contribution in [0.25, 0.3) is 0 Å². The van der Waals surface area contributed by atoms with Crippen LogP contribution in [0.5, 0.6) is 5.75 Å². The molecule has 4 heteroatoms. The van der Waals surface area contributed by atoms with E-state index in [2.05, 4.69) is 5.16 Å². The molecule has 0 spiro atoms. The van der Waals surface area contributed by atoms with Crippen molar-refractivity contribution in [2.24, 2.45) is 5.16 Å². The van der Waals surface area contributed by atoms with Crippen molar-refractivity contribution in [1.29, 1.82) is 0 Å². The van der Waals surface area contributed by atoms with E-state index in [9.17, 15) is 4.79 Å². The number of nitrogens with zero attached hydrogens (tertiary/aromatic N) is 1. The maximum atomic E-state index is 11.6. The molecule has 0 aliphatic heterocycles. The lowest BCUT2D eigenvalue weighted by Crippen LogP contribution is -2.00. The van der Waals surface area contributed by atoms with Crippen LogP contribution in [0.4, 0.5) is 0 Å². The van der Waals surface area contributed by atoms with Crippen molar-refractivity contribution < 1.29 is 14.4 Å². The Balaban J connectivity index is 1.98.